The van der Waals surface area contributed by atoms with Crippen molar-refractivity contribution in [1.82, 2.24) is 10.6 Å². The molecule has 4 nitrogen and oxygen atoms in total. The van der Waals surface area contributed by atoms with Gasteiger partial charge in [0, 0.05) is 17.8 Å². The molecule has 0 saturated heterocycles. The molecule has 0 bridgehead atoms. The van der Waals surface area contributed by atoms with Gasteiger partial charge in [-0.15, -0.1) is 0 Å². The van der Waals surface area contributed by atoms with Crippen LogP contribution in [0.25, 0.3) is 0 Å². The van der Waals surface area contributed by atoms with Gasteiger partial charge in [0.1, 0.15) is 0 Å². The van der Waals surface area contributed by atoms with Crippen molar-refractivity contribution in [3.63, 3.8) is 0 Å². The number of likely N-dealkylation sites (N-methyl/N-ethyl adjacent to an activating group) is 1. The summed E-state index contributed by atoms with van der Waals surface area (Å²) in [6.45, 7) is 6.26. The summed E-state index contributed by atoms with van der Waals surface area (Å²) in [6, 6.07) is 6.24. The zero-order valence-electron chi connectivity index (χ0n) is 12.0. The van der Waals surface area contributed by atoms with Crippen LogP contribution in [-0.2, 0) is 17.6 Å². The van der Waals surface area contributed by atoms with Crippen molar-refractivity contribution in [3.8, 4) is 0 Å². The Morgan fingerprint density at radius 1 is 1.37 bits per heavy atom. The molecule has 3 N–H and O–H groups in total. The van der Waals surface area contributed by atoms with Crippen LogP contribution in [0.2, 0.25) is 0 Å². The average Bonchev–Trinajstić information content (AvgIpc) is 2.68. The van der Waals surface area contributed by atoms with Gasteiger partial charge in [-0.2, -0.15) is 0 Å². The number of anilines is 1. The molecular weight excluding hydrogens is 238 g/mol. The lowest BCUT2D eigenvalue weighted by molar-refractivity contribution is -0.115. The van der Waals surface area contributed by atoms with Crippen LogP contribution in [0.5, 0.6) is 0 Å². The molecule has 0 aromatic heterocycles. The summed E-state index contributed by atoms with van der Waals surface area (Å²) < 4.78 is 0. The number of rotatable bonds is 6. The van der Waals surface area contributed by atoms with E-state index in [4.69, 9.17) is 0 Å². The SMILES string of the molecule is CNCC(C)(C)NCCc1ccc2c(c1)CC(=O)N2. The number of nitrogens with one attached hydrogen (secondary N) is 3. The molecule has 1 aliphatic heterocycles. The summed E-state index contributed by atoms with van der Waals surface area (Å²) in [5.74, 6) is 0.0976. The first kappa shape index (κ1) is 14.0. The lowest BCUT2D eigenvalue weighted by Gasteiger charge is -2.26. The second kappa shape index (κ2) is 5.72. The van der Waals surface area contributed by atoms with Gasteiger partial charge in [-0.3, -0.25) is 4.79 Å². The van der Waals surface area contributed by atoms with Gasteiger partial charge in [0.05, 0.1) is 6.42 Å². The van der Waals surface area contributed by atoms with E-state index in [-0.39, 0.29) is 11.4 Å². The second-order valence-corrected chi connectivity index (χ2v) is 5.81. The highest BCUT2D eigenvalue weighted by Gasteiger charge is 2.18. The zero-order valence-corrected chi connectivity index (χ0v) is 12.0. The molecule has 0 radical (unpaired) electrons. The molecule has 0 saturated carbocycles. The molecule has 1 amide bonds. The third kappa shape index (κ3) is 3.78. The molecule has 2 rings (SSSR count). The number of hydrogen-bond donors (Lipinski definition) is 3. The van der Waals surface area contributed by atoms with Crippen molar-refractivity contribution >= 4 is 11.6 Å². The molecule has 1 aromatic rings. The van der Waals surface area contributed by atoms with Crippen molar-refractivity contribution in [2.45, 2.75) is 32.2 Å². The fourth-order valence-electron chi connectivity index (χ4n) is 2.49. The summed E-state index contributed by atoms with van der Waals surface area (Å²) in [5.41, 5.74) is 3.47. The van der Waals surface area contributed by atoms with E-state index in [0.717, 1.165) is 30.8 Å². The Kier molecular flexibility index (Phi) is 4.22. The summed E-state index contributed by atoms with van der Waals surface area (Å²) in [4.78, 5) is 11.3. The van der Waals surface area contributed by atoms with Crippen LogP contribution in [0, 0.1) is 0 Å². The molecule has 0 spiro atoms. The summed E-state index contributed by atoms with van der Waals surface area (Å²) in [6.07, 6.45) is 1.50. The quantitative estimate of drug-likeness (QED) is 0.724. The van der Waals surface area contributed by atoms with E-state index in [2.05, 4.69) is 41.9 Å². The largest absolute Gasteiger partial charge is 0.326 e. The maximum absolute atomic E-state index is 11.3. The monoisotopic (exact) mass is 261 g/mol. The first-order valence-electron chi connectivity index (χ1n) is 6.81. The van der Waals surface area contributed by atoms with Crippen molar-refractivity contribution in [2.75, 3.05) is 25.5 Å². The number of carbonyl (C=O) groups excluding carboxylic acids is 1. The van der Waals surface area contributed by atoms with Gasteiger partial charge in [0.15, 0.2) is 0 Å². The van der Waals surface area contributed by atoms with Crippen LogP contribution in [-0.4, -0.2) is 31.6 Å². The van der Waals surface area contributed by atoms with Crippen LogP contribution in [0.4, 0.5) is 5.69 Å². The molecule has 19 heavy (non-hydrogen) atoms. The van der Waals surface area contributed by atoms with Crippen molar-refractivity contribution in [2.24, 2.45) is 0 Å². The van der Waals surface area contributed by atoms with E-state index in [1.54, 1.807) is 0 Å². The van der Waals surface area contributed by atoms with Crippen LogP contribution >= 0.6 is 0 Å². The van der Waals surface area contributed by atoms with E-state index in [0.29, 0.717) is 6.42 Å². The maximum Gasteiger partial charge on any atom is 0.228 e. The molecule has 0 aliphatic carbocycles. The third-order valence-corrected chi connectivity index (χ3v) is 3.43. The maximum atomic E-state index is 11.3. The highest BCUT2D eigenvalue weighted by molar-refractivity contribution is 5.99. The smallest absolute Gasteiger partial charge is 0.228 e. The van der Waals surface area contributed by atoms with E-state index in [1.807, 2.05) is 13.1 Å². The first-order chi connectivity index (χ1) is 9.00. The summed E-state index contributed by atoms with van der Waals surface area (Å²) >= 11 is 0. The Bertz CT molecular complexity index is 468. The van der Waals surface area contributed by atoms with Crippen LogP contribution < -0.4 is 16.0 Å². The fraction of sp³-hybridized carbons (Fsp3) is 0.533. The summed E-state index contributed by atoms with van der Waals surface area (Å²) in [7, 11) is 1.97. The van der Waals surface area contributed by atoms with E-state index >= 15 is 0 Å². The van der Waals surface area contributed by atoms with Gasteiger partial charge in [-0.05, 0) is 51.1 Å². The average molecular weight is 261 g/mol. The summed E-state index contributed by atoms with van der Waals surface area (Å²) in [5, 5.41) is 9.59. The molecular formula is C15H23N3O. The van der Waals surface area contributed by atoms with Crippen molar-refractivity contribution in [3.05, 3.63) is 29.3 Å². The molecule has 1 aliphatic rings. The molecule has 0 fully saturated rings. The van der Waals surface area contributed by atoms with Crippen LogP contribution in [0.3, 0.4) is 0 Å². The van der Waals surface area contributed by atoms with Gasteiger partial charge in [-0.25, -0.2) is 0 Å². The number of benzene rings is 1. The Balaban J connectivity index is 1.88. The molecule has 104 valence electrons. The van der Waals surface area contributed by atoms with Gasteiger partial charge < -0.3 is 16.0 Å². The minimum atomic E-state index is 0.0976. The molecule has 1 heterocycles. The normalized spacial score (nSPS) is 14.4. The fourth-order valence-corrected chi connectivity index (χ4v) is 2.49. The van der Waals surface area contributed by atoms with Gasteiger partial charge in [-0.1, -0.05) is 12.1 Å². The number of hydrogen-bond acceptors (Lipinski definition) is 3. The van der Waals surface area contributed by atoms with E-state index < -0.39 is 0 Å². The van der Waals surface area contributed by atoms with Gasteiger partial charge in [0.25, 0.3) is 0 Å². The van der Waals surface area contributed by atoms with E-state index in [1.165, 1.54) is 5.56 Å². The van der Waals surface area contributed by atoms with E-state index in [9.17, 15) is 4.79 Å². The Morgan fingerprint density at radius 3 is 2.89 bits per heavy atom. The standard InChI is InChI=1S/C15H23N3O/c1-15(2,10-16-3)17-7-6-11-4-5-13-12(8-11)9-14(19)18-13/h4-5,8,16-17H,6-7,9-10H2,1-3H3,(H,18,19). The minimum Gasteiger partial charge on any atom is -0.326 e. The number of amides is 1. The molecule has 0 atom stereocenters. The lowest BCUT2D eigenvalue weighted by atomic mass is 10.0. The topological polar surface area (TPSA) is 53.2 Å². The second-order valence-electron chi connectivity index (χ2n) is 5.81. The van der Waals surface area contributed by atoms with Crippen molar-refractivity contribution < 1.29 is 4.79 Å². The highest BCUT2D eigenvalue weighted by atomic mass is 16.1. The first-order valence-corrected chi connectivity index (χ1v) is 6.81. The van der Waals surface area contributed by atoms with Crippen LogP contribution in [0.1, 0.15) is 25.0 Å². The van der Waals surface area contributed by atoms with Crippen molar-refractivity contribution in [1.29, 1.82) is 0 Å². The molecule has 0 unspecified atom stereocenters. The Morgan fingerprint density at radius 2 is 2.16 bits per heavy atom. The highest BCUT2D eigenvalue weighted by Crippen LogP contribution is 2.23. The van der Waals surface area contributed by atoms with Gasteiger partial charge in [0.2, 0.25) is 5.91 Å². The number of carbonyl (C=O) groups is 1. The van der Waals surface area contributed by atoms with Crippen LogP contribution in [0.15, 0.2) is 18.2 Å². The predicted octanol–water partition coefficient (Wildman–Crippen LogP) is 1.31. The lowest BCUT2D eigenvalue weighted by Crippen LogP contribution is -2.47. The molecule has 4 heteroatoms. The minimum absolute atomic E-state index is 0.0976. The molecule has 1 aromatic carbocycles. The van der Waals surface area contributed by atoms with Gasteiger partial charge >= 0.3 is 0 Å². The zero-order chi connectivity index (χ0) is 13.9. The number of fused-ring (bicyclic) bond motifs is 1. The Labute approximate surface area is 115 Å². The Hall–Kier alpha value is -1.39. The predicted molar refractivity (Wildman–Crippen MR) is 78.5 cm³/mol. The third-order valence-electron chi connectivity index (χ3n) is 3.43.